The van der Waals surface area contributed by atoms with Crippen molar-refractivity contribution in [2.75, 3.05) is 20.2 Å². The number of rotatable bonds is 4. The zero-order valence-corrected chi connectivity index (χ0v) is 23.9. The summed E-state index contributed by atoms with van der Waals surface area (Å²) in [4.78, 5) is 18.7. The molecule has 0 radical (unpaired) electrons. The average Bonchev–Trinajstić information content (AvgIpc) is 3.42. The number of aromatic nitrogens is 5. The Bertz CT molecular complexity index is 1570. The van der Waals surface area contributed by atoms with Crippen LogP contribution in [-0.4, -0.2) is 61.8 Å². The van der Waals surface area contributed by atoms with Crippen LogP contribution in [0, 0.1) is 19.3 Å². The SMILES string of the molecule is COc1ccc(-c2nn(C3CC4(C3)CN(C(=O)OC(C)(C)C)C4)c(C)c2-c2c(Cl)c(C)cc3[nH]ncc23)cn1. The number of benzene rings is 1. The van der Waals surface area contributed by atoms with Crippen LogP contribution in [0.5, 0.6) is 5.88 Å². The third-order valence-electron chi connectivity index (χ3n) is 7.87. The number of methoxy groups -OCH3 is 1. The van der Waals surface area contributed by atoms with Gasteiger partial charge in [0, 0.05) is 58.5 Å². The van der Waals surface area contributed by atoms with E-state index in [1.54, 1.807) is 18.2 Å². The van der Waals surface area contributed by atoms with E-state index in [9.17, 15) is 4.79 Å². The summed E-state index contributed by atoms with van der Waals surface area (Å²) in [5, 5.41) is 14.2. The maximum absolute atomic E-state index is 12.5. The number of amides is 1. The van der Waals surface area contributed by atoms with Crippen molar-refractivity contribution in [2.24, 2.45) is 5.41 Å². The molecule has 0 unspecified atom stereocenters. The monoisotopic (exact) mass is 548 g/mol. The van der Waals surface area contributed by atoms with Crippen LogP contribution in [0.4, 0.5) is 4.79 Å². The fraction of sp³-hybridized carbons (Fsp3) is 0.448. The first-order valence-electron chi connectivity index (χ1n) is 13.2. The minimum absolute atomic E-state index is 0.126. The van der Waals surface area contributed by atoms with E-state index < -0.39 is 5.60 Å². The molecule has 6 rings (SSSR count). The zero-order valence-electron chi connectivity index (χ0n) is 23.1. The molecule has 1 aliphatic carbocycles. The van der Waals surface area contributed by atoms with Gasteiger partial charge in [0.2, 0.25) is 5.88 Å². The van der Waals surface area contributed by atoms with Gasteiger partial charge < -0.3 is 14.4 Å². The Morgan fingerprint density at radius 1 is 1.15 bits per heavy atom. The smallest absolute Gasteiger partial charge is 0.410 e. The number of hydrogen-bond acceptors (Lipinski definition) is 6. The molecule has 1 spiro atoms. The summed E-state index contributed by atoms with van der Waals surface area (Å²) in [5.41, 5.74) is 6.18. The molecule has 10 heteroatoms. The molecule has 1 saturated carbocycles. The lowest BCUT2D eigenvalue weighted by Crippen LogP contribution is -2.64. The maximum Gasteiger partial charge on any atom is 0.410 e. The number of aromatic amines is 1. The molecule has 3 aromatic heterocycles. The molecule has 9 nitrogen and oxygen atoms in total. The first kappa shape index (κ1) is 25.7. The van der Waals surface area contributed by atoms with Crippen LogP contribution < -0.4 is 4.74 Å². The first-order chi connectivity index (χ1) is 18.5. The summed E-state index contributed by atoms with van der Waals surface area (Å²) in [7, 11) is 1.60. The van der Waals surface area contributed by atoms with Crippen molar-refractivity contribution >= 4 is 28.6 Å². The number of carbonyl (C=O) groups is 1. The highest BCUT2D eigenvalue weighted by molar-refractivity contribution is 6.36. The Hall–Kier alpha value is -3.59. The number of ether oxygens (including phenoxy) is 2. The Morgan fingerprint density at radius 2 is 1.90 bits per heavy atom. The van der Waals surface area contributed by atoms with E-state index in [4.69, 9.17) is 26.2 Å². The van der Waals surface area contributed by atoms with Crippen molar-refractivity contribution in [3.63, 3.8) is 0 Å². The Labute approximate surface area is 232 Å². The Kier molecular flexibility index (Phi) is 5.91. The minimum atomic E-state index is -0.491. The molecule has 204 valence electrons. The molecule has 39 heavy (non-hydrogen) atoms. The maximum atomic E-state index is 12.5. The van der Waals surface area contributed by atoms with Crippen molar-refractivity contribution in [2.45, 2.75) is 59.1 Å². The molecule has 1 N–H and O–H groups in total. The largest absolute Gasteiger partial charge is 0.481 e. The zero-order chi connectivity index (χ0) is 27.7. The fourth-order valence-electron chi connectivity index (χ4n) is 6.05. The molecular formula is C29H33ClN6O3. The fourth-order valence-corrected chi connectivity index (χ4v) is 6.30. The molecule has 0 bridgehead atoms. The minimum Gasteiger partial charge on any atom is -0.481 e. The lowest BCUT2D eigenvalue weighted by molar-refractivity contribution is -0.0930. The van der Waals surface area contributed by atoms with Crippen molar-refractivity contribution in [1.29, 1.82) is 0 Å². The van der Waals surface area contributed by atoms with Crippen LogP contribution in [0.25, 0.3) is 33.3 Å². The van der Waals surface area contributed by atoms with E-state index in [-0.39, 0.29) is 17.6 Å². The molecular weight excluding hydrogens is 516 g/mol. The predicted molar refractivity (Wildman–Crippen MR) is 150 cm³/mol. The lowest BCUT2D eigenvalue weighted by Gasteiger charge is -2.58. The number of halogens is 1. The topological polar surface area (TPSA) is 98.2 Å². The molecule has 2 aliphatic rings. The lowest BCUT2D eigenvalue weighted by atomic mass is 9.61. The van der Waals surface area contributed by atoms with Gasteiger partial charge in [0.25, 0.3) is 0 Å². The van der Waals surface area contributed by atoms with Crippen molar-refractivity contribution in [1.82, 2.24) is 29.9 Å². The summed E-state index contributed by atoms with van der Waals surface area (Å²) in [6, 6.07) is 6.07. The van der Waals surface area contributed by atoms with Gasteiger partial charge in [-0.25, -0.2) is 9.78 Å². The number of nitrogens with one attached hydrogen (secondary N) is 1. The van der Waals surface area contributed by atoms with Crippen LogP contribution in [-0.2, 0) is 4.74 Å². The Morgan fingerprint density at radius 3 is 2.54 bits per heavy atom. The number of hydrogen-bond donors (Lipinski definition) is 1. The van der Waals surface area contributed by atoms with Crippen LogP contribution in [0.2, 0.25) is 5.02 Å². The van der Waals surface area contributed by atoms with Gasteiger partial charge in [-0.2, -0.15) is 10.2 Å². The molecule has 4 heterocycles. The third-order valence-corrected chi connectivity index (χ3v) is 8.36. The second-order valence-electron chi connectivity index (χ2n) is 12.0. The van der Waals surface area contributed by atoms with E-state index in [2.05, 4.69) is 26.8 Å². The summed E-state index contributed by atoms with van der Waals surface area (Å²) in [5.74, 6) is 0.544. The second kappa shape index (κ2) is 8.98. The predicted octanol–water partition coefficient (Wildman–Crippen LogP) is 6.34. The number of carbonyl (C=O) groups excluding carboxylic acids is 1. The molecule has 4 aromatic rings. The molecule has 1 aliphatic heterocycles. The molecule has 1 aromatic carbocycles. The van der Waals surface area contributed by atoms with Gasteiger partial charge in [-0.05, 0) is 65.2 Å². The number of pyridine rings is 1. The molecule has 0 atom stereocenters. The summed E-state index contributed by atoms with van der Waals surface area (Å²) < 4.78 is 13.0. The summed E-state index contributed by atoms with van der Waals surface area (Å²) in [6.45, 7) is 11.2. The van der Waals surface area contributed by atoms with Crippen molar-refractivity contribution in [3.8, 4) is 28.3 Å². The van der Waals surface area contributed by atoms with Crippen molar-refractivity contribution < 1.29 is 14.3 Å². The van der Waals surface area contributed by atoms with Crippen LogP contribution >= 0.6 is 11.6 Å². The van der Waals surface area contributed by atoms with E-state index in [0.717, 1.165) is 70.5 Å². The summed E-state index contributed by atoms with van der Waals surface area (Å²) in [6.07, 6.45) is 5.29. The number of aryl methyl sites for hydroxylation is 1. The number of fused-ring (bicyclic) bond motifs is 1. The van der Waals surface area contributed by atoms with E-state index in [1.165, 1.54) is 0 Å². The number of likely N-dealkylation sites (tertiary alicyclic amines) is 1. The van der Waals surface area contributed by atoms with E-state index in [1.807, 2.05) is 52.1 Å². The number of nitrogens with zero attached hydrogens (tertiary/aromatic N) is 5. The van der Waals surface area contributed by atoms with Gasteiger partial charge >= 0.3 is 6.09 Å². The summed E-state index contributed by atoms with van der Waals surface area (Å²) >= 11 is 6.98. The quantitative estimate of drug-likeness (QED) is 0.319. The second-order valence-corrected chi connectivity index (χ2v) is 12.3. The average molecular weight is 549 g/mol. The van der Waals surface area contributed by atoms with Gasteiger partial charge in [0.15, 0.2) is 0 Å². The molecule has 2 fully saturated rings. The van der Waals surface area contributed by atoms with Crippen molar-refractivity contribution in [3.05, 3.63) is 46.9 Å². The third kappa shape index (κ3) is 4.33. The van der Waals surface area contributed by atoms with E-state index in [0.29, 0.717) is 10.9 Å². The normalized spacial score (nSPS) is 16.8. The standard InChI is InChI=1S/C29H33ClN6O3/c1-16-9-21-20(13-32-33-21)24(25(16)30)23-17(2)36(34-26(23)18-7-8-22(38-6)31-12-18)19-10-29(11-19)14-35(15-29)27(37)39-28(3,4)5/h7-9,12-13,19H,10-11,14-15H2,1-6H3,(H,32,33). The first-order valence-corrected chi connectivity index (χ1v) is 13.6. The highest BCUT2D eigenvalue weighted by Crippen LogP contribution is 2.55. The highest BCUT2D eigenvalue weighted by atomic mass is 35.5. The van der Waals surface area contributed by atoms with Crippen LogP contribution in [0.3, 0.4) is 0 Å². The molecule has 1 saturated heterocycles. The van der Waals surface area contributed by atoms with Gasteiger partial charge in [-0.1, -0.05) is 11.6 Å². The van der Waals surface area contributed by atoms with Gasteiger partial charge in [-0.3, -0.25) is 9.78 Å². The van der Waals surface area contributed by atoms with Gasteiger partial charge in [-0.15, -0.1) is 0 Å². The Balaban J connectivity index is 1.36. The van der Waals surface area contributed by atoms with Crippen LogP contribution in [0.15, 0.2) is 30.6 Å². The van der Waals surface area contributed by atoms with Crippen LogP contribution in [0.1, 0.15) is 50.9 Å². The van der Waals surface area contributed by atoms with E-state index >= 15 is 0 Å². The van der Waals surface area contributed by atoms with Gasteiger partial charge in [0.05, 0.1) is 29.9 Å². The van der Waals surface area contributed by atoms with Gasteiger partial charge in [0.1, 0.15) is 11.3 Å². The molecule has 1 amide bonds. The number of H-pyrrole nitrogens is 1. The highest BCUT2D eigenvalue weighted by Gasteiger charge is 2.55.